The highest BCUT2D eigenvalue weighted by Crippen LogP contribution is 2.31. The largest absolute Gasteiger partial charge is 0.496 e. The van der Waals surface area contributed by atoms with Crippen molar-refractivity contribution in [1.82, 2.24) is 5.32 Å². The van der Waals surface area contributed by atoms with Gasteiger partial charge in [-0.1, -0.05) is 0 Å². The van der Waals surface area contributed by atoms with Crippen molar-refractivity contribution in [3.63, 3.8) is 0 Å². The molecule has 1 saturated carbocycles. The van der Waals surface area contributed by atoms with E-state index in [1.165, 1.54) is 12.1 Å². The molecule has 88 valence electrons. The molecule has 1 aliphatic carbocycles. The summed E-state index contributed by atoms with van der Waals surface area (Å²) in [6.07, 6.45) is 2.14. The zero-order chi connectivity index (χ0) is 11.6. The van der Waals surface area contributed by atoms with Crippen molar-refractivity contribution in [2.24, 2.45) is 5.73 Å². The third-order valence-corrected chi connectivity index (χ3v) is 2.93. The van der Waals surface area contributed by atoms with E-state index in [0.29, 0.717) is 12.3 Å². The predicted octanol–water partition coefficient (Wildman–Crippen LogP) is 1.42. The minimum atomic E-state index is -0.244. The Hall–Kier alpha value is -1.13. The molecule has 1 aromatic rings. The van der Waals surface area contributed by atoms with Crippen LogP contribution in [0.5, 0.6) is 5.75 Å². The highest BCUT2D eigenvalue weighted by Gasteiger charge is 2.37. The zero-order valence-electron chi connectivity index (χ0n) is 9.42. The molecule has 16 heavy (non-hydrogen) atoms. The predicted molar refractivity (Wildman–Crippen MR) is 60.8 cm³/mol. The maximum atomic E-state index is 13.0. The Morgan fingerprint density at radius 3 is 2.88 bits per heavy atom. The van der Waals surface area contributed by atoms with Crippen LogP contribution in [0.15, 0.2) is 18.2 Å². The number of nitrogens with two attached hydrogens (primary N) is 1. The molecular formula is C12H17FN2O. The molecule has 0 aromatic heterocycles. The molecule has 0 unspecified atom stereocenters. The van der Waals surface area contributed by atoms with Gasteiger partial charge in [-0.15, -0.1) is 0 Å². The van der Waals surface area contributed by atoms with Gasteiger partial charge in [-0.25, -0.2) is 4.39 Å². The van der Waals surface area contributed by atoms with E-state index in [1.807, 2.05) is 0 Å². The zero-order valence-corrected chi connectivity index (χ0v) is 9.42. The summed E-state index contributed by atoms with van der Waals surface area (Å²) in [5.41, 5.74) is 6.74. The van der Waals surface area contributed by atoms with Crippen molar-refractivity contribution in [3.05, 3.63) is 29.6 Å². The van der Waals surface area contributed by atoms with Crippen LogP contribution in [-0.4, -0.2) is 19.2 Å². The smallest absolute Gasteiger partial charge is 0.123 e. The van der Waals surface area contributed by atoms with Crippen molar-refractivity contribution in [1.29, 1.82) is 0 Å². The van der Waals surface area contributed by atoms with E-state index in [9.17, 15) is 4.39 Å². The number of rotatable bonds is 5. The lowest BCUT2D eigenvalue weighted by atomic mass is 10.2. The fourth-order valence-electron chi connectivity index (χ4n) is 1.67. The Labute approximate surface area is 94.8 Å². The minimum Gasteiger partial charge on any atom is -0.496 e. The second kappa shape index (κ2) is 4.39. The number of hydrogen-bond acceptors (Lipinski definition) is 3. The van der Waals surface area contributed by atoms with Crippen LogP contribution >= 0.6 is 0 Å². The van der Waals surface area contributed by atoms with Gasteiger partial charge in [0, 0.05) is 24.2 Å². The Balaban J connectivity index is 1.94. The Morgan fingerprint density at radius 2 is 2.25 bits per heavy atom. The van der Waals surface area contributed by atoms with Gasteiger partial charge < -0.3 is 15.8 Å². The molecule has 0 spiro atoms. The van der Waals surface area contributed by atoms with Gasteiger partial charge in [-0.2, -0.15) is 0 Å². The lowest BCUT2D eigenvalue weighted by Crippen LogP contribution is -2.35. The Morgan fingerprint density at radius 1 is 1.50 bits per heavy atom. The molecule has 2 rings (SSSR count). The Kier molecular flexibility index (Phi) is 3.12. The van der Waals surface area contributed by atoms with Crippen molar-refractivity contribution in [2.45, 2.75) is 24.9 Å². The van der Waals surface area contributed by atoms with Gasteiger partial charge in [0.1, 0.15) is 11.6 Å². The van der Waals surface area contributed by atoms with Crippen LogP contribution in [0.2, 0.25) is 0 Å². The number of methoxy groups -OCH3 is 1. The van der Waals surface area contributed by atoms with E-state index < -0.39 is 0 Å². The quantitative estimate of drug-likeness (QED) is 0.795. The van der Waals surface area contributed by atoms with Gasteiger partial charge in [0.2, 0.25) is 0 Å². The van der Waals surface area contributed by atoms with Crippen molar-refractivity contribution < 1.29 is 9.13 Å². The number of hydrogen-bond donors (Lipinski definition) is 2. The SMILES string of the molecule is COc1ccc(F)cc1CNCC1(N)CC1. The third kappa shape index (κ3) is 2.71. The lowest BCUT2D eigenvalue weighted by molar-refractivity contribution is 0.405. The summed E-state index contributed by atoms with van der Waals surface area (Å²) in [4.78, 5) is 0. The molecule has 1 aromatic carbocycles. The first-order valence-corrected chi connectivity index (χ1v) is 5.45. The maximum Gasteiger partial charge on any atom is 0.123 e. The molecule has 3 nitrogen and oxygen atoms in total. The molecule has 0 radical (unpaired) electrons. The average Bonchev–Trinajstić information content (AvgIpc) is 2.97. The van der Waals surface area contributed by atoms with E-state index in [1.54, 1.807) is 13.2 Å². The maximum absolute atomic E-state index is 13.0. The van der Waals surface area contributed by atoms with Crippen LogP contribution in [0.3, 0.4) is 0 Å². The first kappa shape index (κ1) is 11.4. The lowest BCUT2D eigenvalue weighted by Gasteiger charge is -2.12. The molecule has 0 bridgehead atoms. The molecule has 0 aliphatic heterocycles. The minimum absolute atomic E-state index is 0.0272. The van der Waals surface area contributed by atoms with E-state index in [4.69, 9.17) is 10.5 Å². The van der Waals surface area contributed by atoms with Crippen LogP contribution in [-0.2, 0) is 6.54 Å². The summed E-state index contributed by atoms with van der Waals surface area (Å²) in [7, 11) is 1.59. The molecule has 1 fully saturated rings. The summed E-state index contributed by atoms with van der Waals surface area (Å²) < 4.78 is 18.2. The standard InChI is InChI=1S/C12H17FN2O/c1-16-11-3-2-10(13)6-9(11)7-15-8-12(14)4-5-12/h2-3,6,15H,4-5,7-8,14H2,1H3. The van der Waals surface area contributed by atoms with Gasteiger partial charge >= 0.3 is 0 Å². The van der Waals surface area contributed by atoms with Crippen LogP contribution in [0.4, 0.5) is 4.39 Å². The van der Waals surface area contributed by atoms with Crippen LogP contribution in [0.25, 0.3) is 0 Å². The summed E-state index contributed by atoms with van der Waals surface area (Å²) in [6, 6.07) is 4.53. The molecule has 0 amide bonds. The fourth-order valence-corrected chi connectivity index (χ4v) is 1.67. The molecule has 0 saturated heterocycles. The molecule has 4 heteroatoms. The van der Waals surface area contributed by atoms with Crippen LogP contribution < -0.4 is 15.8 Å². The summed E-state index contributed by atoms with van der Waals surface area (Å²) in [5, 5.41) is 3.23. The van der Waals surface area contributed by atoms with Crippen molar-refractivity contribution in [3.8, 4) is 5.75 Å². The first-order valence-electron chi connectivity index (χ1n) is 5.45. The van der Waals surface area contributed by atoms with E-state index in [-0.39, 0.29) is 11.4 Å². The summed E-state index contributed by atoms with van der Waals surface area (Å²) in [6.45, 7) is 1.35. The summed E-state index contributed by atoms with van der Waals surface area (Å²) >= 11 is 0. The van der Waals surface area contributed by atoms with E-state index in [2.05, 4.69) is 5.32 Å². The molecule has 0 atom stereocenters. The molecule has 3 N–H and O–H groups in total. The van der Waals surface area contributed by atoms with E-state index >= 15 is 0 Å². The highest BCUT2D eigenvalue weighted by molar-refractivity contribution is 5.33. The molecular weight excluding hydrogens is 207 g/mol. The number of benzene rings is 1. The normalized spacial score (nSPS) is 17.2. The number of ether oxygens (including phenoxy) is 1. The molecule has 0 heterocycles. The number of halogens is 1. The molecule has 1 aliphatic rings. The highest BCUT2D eigenvalue weighted by atomic mass is 19.1. The second-order valence-electron chi connectivity index (χ2n) is 4.42. The monoisotopic (exact) mass is 224 g/mol. The average molecular weight is 224 g/mol. The van der Waals surface area contributed by atoms with Gasteiger partial charge in [0.15, 0.2) is 0 Å². The van der Waals surface area contributed by atoms with Gasteiger partial charge in [-0.05, 0) is 31.0 Å². The summed E-state index contributed by atoms with van der Waals surface area (Å²) in [5.74, 6) is 0.460. The fraction of sp³-hybridized carbons (Fsp3) is 0.500. The van der Waals surface area contributed by atoms with Crippen molar-refractivity contribution in [2.75, 3.05) is 13.7 Å². The van der Waals surface area contributed by atoms with E-state index in [0.717, 1.165) is 24.9 Å². The first-order chi connectivity index (χ1) is 7.63. The van der Waals surface area contributed by atoms with Crippen LogP contribution in [0, 0.1) is 5.82 Å². The van der Waals surface area contributed by atoms with Gasteiger partial charge in [0.05, 0.1) is 7.11 Å². The van der Waals surface area contributed by atoms with Crippen molar-refractivity contribution >= 4 is 0 Å². The second-order valence-corrected chi connectivity index (χ2v) is 4.42. The van der Waals surface area contributed by atoms with Gasteiger partial charge in [0.25, 0.3) is 0 Å². The third-order valence-electron chi connectivity index (χ3n) is 2.93. The van der Waals surface area contributed by atoms with Gasteiger partial charge in [-0.3, -0.25) is 0 Å². The Bertz CT molecular complexity index is 377. The van der Waals surface area contributed by atoms with Crippen LogP contribution in [0.1, 0.15) is 18.4 Å². The number of nitrogens with one attached hydrogen (secondary N) is 1. The topological polar surface area (TPSA) is 47.3 Å².